The summed E-state index contributed by atoms with van der Waals surface area (Å²) in [5.41, 5.74) is 7.68. The maximum absolute atomic E-state index is 4.68. The topological polar surface area (TPSA) is 17.8 Å². The quantitative estimate of drug-likeness (QED) is 0.562. The first-order valence-corrected chi connectivity index (χ1v) is 9.34. The maximum Gasteiger partial charge on any atom is 0.0717 e. The van der Waals surface area contributed by atoms with Crippen LogP contribution in [0.2, 0.25) is 0 Å². The van der Waals surface area contributed by atoms with E-state index in [0.717, 1.165) is 18.5 Å². The van der Waals surface area contributed by atoms with Crippen molar-refractivity contribution in [3.8, 4) is 11.3 Å². The van der Waals surface area contributed by atoms with E-state index in [1.54, 1.807) is 0 Å². The molecule has 1 heterocycles. The SMILES string of the molecule is CC.CCCc1cccc(-c2c(Cc3ccccc3)c(C)nn2C)c1. The molecule has 3 rings (SSSR count). The van der Waals surface area contributed by atoms with Crippen LogP contribution in [-0.4, -0.2) is 9.78 Å². The molecule has 0 radical (unpaired) electrons. The van der Waals surface area contributed by atoms with Gasteiger partial charge in [0, 0.05) is 24.6 Å². The average molecular weight is 335 g/mol. The Morgan fingerprint density at radius 3 is 2.28 bits per heavy atom. The van der Waals surface area contributed by atoms with Crippen molar-refractivity contribution in [3.63, 3.8) is 0 Å². The van der Waals surface area contributed by atoms with Crippen molar-refractivity contribution in [1.29, 1.82) is 0 Å². The van der Waals surface area contributed by atoms with E-state index in [9.17, 15) is 0 Å². The third-order valence-corrected chi connectivity index (χ3v) is 4.31. The fourth-order valence-corrected chi connectivity index (χ4v) is 3.24. The van der Waals surface area contributed by atoms with Crippen LogP contribution < -0.4 is 0 Å². The monoisotopic (exact) mass is 334 g/mol. The summed E-state index contributed by atoms with van der Waals surface area (Å²) in [6.45, 7) is 8.33. The Labute approximate surface area is 152 Å². The van der Waals surface area contributed by atoms with Crippen LogP contribution in [0.3, 0.4) is 0 Å². The molecule has 132 valence electrons. The van der Waals surface area contributed by atoms with Crippen molar-refractivity contribution in [2.45, 2.75) is 47.0 Å². The molecule has 0 atom stereocenters. The van der Waals surface area contributed by atoms with Crippen LogP contribution >= 0.6 is 0 Å². The molecule has 0 fully saturated rings. The van der Waals surface area contributed by atoms with Crippen LogP contribution in [0.4, 0.5) is 0 Å². The van der Waals surface area contributed by atoms with Crippen LogP contribution in [0.25, 0.3) is 11.3 Å². The van der Waals surface area contributed by atoms with Gasteiger partial charge >= 0.3 is 0 Å². The zero-order valence-electron chi connectivity index (χ0n) is 16.2. The van der Waals surface area contributed by atoms with E-state index in [-0.39, 0.29) is 0 Å². The second kappa shape index (κ2) is 9.22. The predicted molar refractivity (Wildman–Crippen MR) is 108 cm³/mol. The van der Waals surface area contributed by atoms with Crippen molar-refractivity contribution in [2.75, 3.05) is 0 Å². The smallest absolute Gasteiger partial charge is 0.0717 e. The lowest BCUT2D eigenvalue weighted by Crippen LogP contribution is -1.97. The van der Waals surface area contributed by atoms with Gasteiger partial charge in [-0.15, -0.1) is 0 Å². The highest BCUT2D eigenvalue weighted by molar-refractivity contribution is 5.66. The first-order valence-electron chi connectivity index (χ1n) is 9.34. The first kappa shape index (κ1) is 19.0. The Balaban J connectivity index is 0.00000109. The number of aryl methyl sites for hydroxylation is 3. The molecule has 2 nitrogen and oxygen atoms in total. The number of hydrogen-bond donors (Lipinski definition) is 0. The molecular weight excluding hydrogens is 304 g/mol. The minimum absolute atomic E-state index is 0.924. The largest absolute Gasteiger partial charge is 0.267 e. The average Bonchev–Trinajstić information content (AvgIpc) is 2.91. The molecular formula is C23H30N2. The Kier molecular flexibility index (Phi) is 7.00. The standard InChI is InChI=1S/C21H24N2.C2H6/c1-4-9-17-12-8-13-19(14-17)21-20(16(2)22-23(21)3)15-18-10-6-5-7-11-18;1-2/h5-8,10-14H,4,9,15H2,1-3H3;1-2H3. The van der Waals surface area contributed by atoms with Crippen molar-refractivity contribution in [1.82, 2.24) is 9.78 Å². The van der Waals surface area contributed by atoms with Gasteiger partial charge in [0.2, 0.25) is 0 Å². The van der Waals surface area contributed by atoms with Gasteiger partial charge in [0.1, 0.15) is 0 Å². The molecule has 0 saturated carbocycles. The number of benzene rings is 2. The lowest BCUT2D eigenvalue weighted by molar-refractivity contribution is 0.764. The summed E-state index contributed by atoms with van der Waals surface area (Å²) in [4.78, 5) is 0. The third kappa shape index (κ3) is 4.60. The fraction of sp³-hybridized carbons (Fsp3) is 0.348. The highest BCUT2D eigenvalue weighted by Crippen LogP contribution is 2.28. The summed E-state index contributed by atoms with van der Waals surface area (Å²) in [6.07, 6.45) is 3.22. The molecule has 0 aliphatic heterocycles. The minimum Gasteiger partial charge on any atom is -0.267 e. The third-order valence-electron chi connectivity index (χ3n) is 4.31. The molecule has 2 aromatic carbocycles. The van der Waals surface area contributed by atoms with Gasteiger partial charge in [0.15, 0.2) is 0 Å². The van der Waals surface area contributed by atoms with Gasteiger partial charge in [-0.05, 0) is 30.5 Å². The second-order valence-electron chi connectivity index (χ2n) is 6.15. The lowest BCUT2D eigenvalue weighted by Gasteiger charge is -2.09. The van der Waals surface area contributed by atoms with E-state index in [2.05, 4.69) is 73.5 Å². The molecule has 0 amide bonds. The zero-order valence-corrected chi connectivity index (χ0v) is 16.2. The summed E-state index contributed by atoms with van der Waals surface area (Å²) in [6, 6.07) is 19.5. The zero-order chi connectivity index (χ0) is 18.2. The number of nitrogens with zero attached hydrogens (tertiary/aromatic N) is 2. The number of rotatable bonds is 5. The van der Waals surface area contributed by atoms with E-state index in [1.807, 2.05) is 25.6 Å². The molecule has 3 aromatic rings. The van der Waals surface area contributed by atoms with E-state index < -0.39 is 0 Å². The summed E-state index contributed by atoms with van der Waals surface area (Å²) < 4.78 is 2.03. The molecule has 0 spiro atoms. The Morgan fingerprint density at radius 1 is 0.920 bits per heavy atom. The van der Waals surface area contributed by atoms with Crippen LogP contribution in [0.1, 0.15) is 49.6 Å². The molecule has 2 heteroatoms. The van der Waals surface area contributed by atoms with Gasteiger partial charge in [0.25, 0.3) is 0 Å². The van der Waals surface area contributed by atoms with Gasteiger partial charge in [-0.1, -0.05) is 75.7 Å². The second-order valence-corrected chi connectivity index (χ2v) is 6.15. The summed E-state index contributed by atoms with van der Waals surface area (Å²) in [5.74, 6) is 0. The van der Waals surface area contributed by atoms with Crippen LogP contribution in [0.5, 0.6) is 0 Å². The van der Waals surface area contributed by atoms with E-state index in [0.29, 0.717) is 0 Å². The summed E-state index contributed by atoms with van der Waals surface area (Å²) >= 11 is 0. The molecule has 0 aliphatic rings. The van der Waals surface area contributed by atoms with Gasteiger partial charge in [0.05, 0.1) is 11.4 Å². The van der Waals surface area contributed by atoms with E-state index in [4.69, 9.17) is 0 Å². The van der Waals surface area contributed by atoms with E-state index >= 15 is 0 Å². The Morgan fingerprint density at radius 2 is 1.60 bits per heavy atom. The Hall–Kier alpha value is -2.35. The summed E-state index contributed by atoms with van der Waals surface area (Å²) in [5, 5.41) is 4.68. The number of aromatic nitrogens is 2. The van der Waals surface area contributed by atoms with E-state index in [1.165, 1.54) is 34.4 Å². The van der Waals surface area contributed by atoms with Crippen LogP contribution in [0.15, 0.2) is 54.6 Å². The minimum atomic E-state index is 0.924. The van der Waals surface area contributed by atoms with Gasteiger partial charge < -0.3 is 0 Å². The summed E-state index contributed by atoms with van der Waals surface area (Å²) in [7, 11) is 2.04. The molecule has 1 aromatic heterocycles. The maximum atomic E-state index is 4.68. The van der Waals surface area contributed by atoms with Crippen molar-refractivity contribution >= 4 is 0 Å². The highest BCUT2D eigenvalue weighted by atomic mass is 15.3. The van der Waals surface area contributed by atoms with Crippen molar-refractivity contribution in [3.05, 3.63) is 77.0 Å². The normalized spacial score (nSPS) is 10.3. The molecule has 25 heavy (non-hydrogen) atoms. The van der Waals surface area contributed by atoms with Crippen molar-refractivity contribution in [2.24, 2.45) is 7.05 Å². The molecule has 0 unspecified atom stereocenters. The number of hydrogen-bond acceptors (Lipinski definition) is 1. The van der Waals surface area contributed by atoms with Crippen LogP contribution in [0, 0.1) is 6.92 Å². The predicted octanol–water partition coefficient (Wildman–Crippen LogP) is 5.97. The van der Waals surface area contributed by atoms with Crippen molar-refractivity contribution < 1.29 is 0 Å². The molecule has 0 aliphatic carbocycles. The van der Waals surface area contributed by atoms with Gasteiger partial charge in [-0.3, -0.25) is 4.68 Å². The molecule has 0 saturated heterocycles. The van der Waals surface area contributed by atoms with Gasteiger partial charge in [-0.2, -0.15) is 5.10 Å². The Bertz CT molecular complexity index is 785. The lowest BCUT2D eigenvalue weighted by atomic mass is 9.97. The molecule has 0 bridgehead atoms. The van der Waals surface area contributed by atoms with Crippen LogP contribution in [-0.2, 0) is 19.9 Å². The fourth-order valence-electron chi connectivity index (χ4n) is 3.24. The van der Waals surface area contributed by atoms with Gasteiger partial charge in [-0.25, -0.2) is 0 Å². The molecule has 0 N–H and O–H groups in total. The first-order chi connectivity index (χ1) is 12.2. The highest BCUT2D eigenvalue weighted by Gasteiger charge is 2.15.